The van der Waals surface area contributed by atoms with E-state index in [4.69, 9.17) is 6.42 Å². The molecule has 18 heavy (non-hydrogen) atoms. The van der Waals surface area contributed by atoms with Crippen molar-refractivity contribution in [2.75, 3.05) is 0 Å². The van der Waals surface area contributed by atoms with E-state index in [1.165, 1.54) is 36.0 Å². The molecule has 0 nitrogen and oxygen atoms in total. The van der Waals surface area contributed by atoms with Crippen LogP contribution in [0, 0.1) is 25.2 Å². The predicted molar refractivity (Wildman–Crippen MR) is 81.5 cm³/mol. The maximum absolute atomic E-state index is 5.41. The van der Waals surface area contributed by atoms with Gasteiger partial charge in [-0.05, 0) is 49.4 Å². The molecule has 0 bridgehead atoms. The normalized spacial score (nSPS) is 11.7. The Hall–Kier alpha value is -1.48. The van der Waals surface area contributed by atoms with Crippen LogP contribution < -0.4 is 0 Å². The SMILES string of the molecule is C#Cc1ccc(/C=C(/C)CC(CC)CC)c(C)c1. The zero-order valence-electron chi connectivity index (χ0n) is 12.1. The minimum atomic E-state index is 0.812. The van der Waals surface area contributed by atoms with E-state index in [0.717, 1.165) is 11.5 Å². The average Bonchev–Trinajstić information content (AvgIpc) is 2.38. The third kappa shape index (κ3) is 4.08. The summed E-state index contributed by atoms with van der Waals surface area (Å²) in [6.07, 6.45) is 11.4. The zero-order valence-corrected chi connectivity index (χ0v) is 12.1. The molecule has 1 aromatic carbocycles. The van der Waals surface area contributed by atoms with Gasteiger partial charge in [0.2, 0.25) is 0 Å². The van der Waals surface area contributed by atoms with Crippen molar-refractivity contribution in [3.05, 3.63) is 40.5 Å². The zero-order chi connectivity index (χ0) is 13.5. The Labute approximate surface area is 112 Å². The number of hydrogen-bond acceptors (Lipinski definition) is 0. The van der Waals surface area contributed by atoms with Crippen molar-refractivity contribution in [2.45, 2.75) is 47.0 Å². The molecule has 0 aromatic heterocycles. The van der Waals surface area contributed by atoms with Gasteiger partial charge in [-0.1, -0.05) is 50.3 Å². The lowest BCUT2D eigenvalue weighted by molar-refractivity contribution is 0.490. The van der Waals surface area contributed by atoms with Gasteiger partial charge in [0.15, 0.2) is 0 Å². The molecule has 0 radical (unpaired) electrons. The maximum Gasteiger partial charge on any atom is 0.0245 e. The van der Waals surface area contributed by atoms with Crippen molar-refractivity contribution < 1.29 is 0 Å². The van der Waals surface area contributed by atoms with Crippen LogP contribution in [0.5, 0.6) is 0 Å². The van der Waals surface area contributed by atoms with Gasteiger partial charge in [-0.25, -0.2) is 0 Å². The van der Waals surface area contributed by atoms with Crippen LogP contribution in [0.25, 0.3) is 6.08 Å². The lowest BCUT2D eigenvalue weighted by Crippen LogP contribution is -1.97. The van der Waals surface area contributed by atoms with E-state index in [2.05, 4.69) is 51.8 Å². The van der Waals surface area contributed by atoms with Gasteiger partial charge >= 0.3 is 0 Å². The Bertz CT molecular complexity index is 453. The lowest BCUT2D eigenvalue weighted by atomic mass is 9.93. The number of rotatable bonds is 5. The molecule has 0 unspecified atom stereocenters. The highest BCUT2D eigenvalue weighted by molar-refractivity contribution is 5.58. The number of hydrogen-bond donors (Lipinski definition) is 0. The molecule has 0 aliphatic carbocycles. The third-order valence-electron chi connectivity index (χ3n) is 3.60. The predicted octanol–water partition coefficient (Wildman–Crippen LogP) is 5.21. The van der Waals surface area contributed by atoms with Crippen molar-refractivity contribution in [1.82, 2.24) is 0 Å². The van der Waals surface area contributed by atoms with Crippen molar-refractivity contribution in [3.8, 4) is 12.3 Å². The maximum atomic E-state index is 5.41. The van der Waals surface area contributed by atoms with Crippen LogP contribution >= 0.6 is 0 Å². The van der Waals surface area contributed by atoms with Crippen LogP contribution in [0.3, 0.4) is 0 Å². The fourth-order valence-corrected chi connectivity index (χ4v) is 2.28. The van der Waals surface area contributed by atoms with Crippen molar-refractivity contribution in [2.24, 2.45) is 5.92 Å². The quantitative estimate of drug-likeness (QED) is 0.620. The average molecular weight is 240 g/mol. The molecule has 96 valence electrons. The summed E-state index contributed by atoms with van der Waals surface area (Å²) in [5.74, 6) is 3.49. The van der Waals surface area contributed by atoms with Gasteiger partial charge < -0.3 is 0 Å². The van der Waals surface area contributed by atoms with Gasteiger partial charge in [0.1, 0.15) is 0 Å². The van der Waals surface area contributed by atoms with Crippen molar-refractivity contribution in [3.63, 3.8) is 0 Å². The lowest BCUT2D eigenvalue weighted by Gasteiger charge is -2.12. The molecule has 0 heteroatoms. The largest absolute Gasteiger partial charge is 0.115 e. The van der Waals surface area contributed by atoms with E-state index in [1.54, 1.807) is 0 Å². The molecular weight excluding hydrogens is 216 g/mol. The standard InChI is InChI=1S/C18H24/c1-6-16(7-2)11-14(4)12-18-10-9-17(8-3)13-15(18)5/h3,9-10,12-13,16H,6-7,11H2,1-2,4-5H3/b14-12-. The number of allylic oxidation sites excluding steroid dienone is 1. The van der Waals surface area contributed by atoms with Gasteiger partial charge in [-0.2, -0.15) is 0 Å². The molecule has 1 aromatic rings. The van der Waals surface area contributed by atoms with Gasteiger partial charge in [0.05, 0.1) is 0 Å². The number of benzene rings is 1. The molecule has 0 atom stereocenters. The molecule has 0 N–H and O–H groups in total. The van der Waals surface area contributed by atoms with E-state index >= 15 is 0 Å². The highest BCUT2D eigenvalue weighted by atomic mass is 14.1. The summed E-state index contributed by atoms with van der Waals surface area (Å²) in [6.45, 7) is 8.90. The fourth-order valence-electron chi connectivity index (χ4n) is 2.28. The summed E-state index contributed by atoms with van der Waals surface area (Å²) < 4.78 is 0. The van der Waals surface area contributed by atoms with Crippen LogP contribution in [0.2, 0.25) is 0 Å². The first-order valence-corrected chi connectivity index (χ1v) is 6.85. The van der Waals surface area contributed by atoms with Crippen LogP contribution in [-0.4, -0.2) is 0 Å². The second-order valence-electron chi connectivity index (χ2n) is 5.09. The Morgan fingerprint density at radius 3 is 2.50 bits per heavy atom. The molecule has 0 amide bonds. The molecule has 0 aliphatic rings. The van der Waals surface area contributed by atoms with Gasteiger partial charge in [0, 0.05) is 5.56 Å². The Kier molecular flexibility index (Phi) is 5.72. The summed E-state index contributed by atoms with van der Waals surface area (Å²) in [6, 6.07) is 6.22. The minimum absolute atomic E-state index is 0.812. The molecule has 1 rings (SSSR count). The van der Waals surface area contributed by atoms with Crippen LogP contribution in [0.15, 0.2) is 23.8 Å². The minimum Gasteiger partial charge on any atom is -0.115 e. The molecule has 0 aliphatic heterocycles. The summed E-state index contributed by atoms with van der Waals surface area (Å²) in [5.41, 5.74) is 4.97. The Morgan fingerprint density at radius 1 is 1.33 bits per heavy atom. The first kappa shape index (κ1) is 14.6. The van der Waals surface area contributed by atoms with Crippen LogP contribution in [0.1, 0.15) is 56.7 Å². The second kappa shape index (κ2) is 7.07. The first-order valence-electron chi connectivity index (χ1n) is 6.85. The van der Waals surface area contributed by atoms with E-state index in [9.17, 15) is 0 Å². The molecule has 0 fully saturated rings. The molecular formula is C18H24. The molecule has 0 saturated heterocycles. The van der Waals surface area contributed by atoms with Crippen molar-refractivity contribution in [1.29, 1.82) is 0 Å². The highest BCUT2D eigenvalue weighted by Gasteiger charge is 2.04. The van der Waals surface area contributed by atoms with Gasteiger partial charge in [-0.3, -0.25) is 0 Å². The van der Waals surface area contributed by atoms with Crippen molar-refractivity contribution >= 4 is 6.08 Å². The summed E-state index contributed by atoms with van der Waals surface area (Å²) in [4.78, 5) is 0. The Morgan fingerprint density at radius 2 is 2.00 bits per heavy atom. The topological polar surface area (TPSA) is 0 Å². The molecule has 0 spiro atoms. The summed E-state index contributed by atoms with van der Waals surface area (Å²) >= 11 is 0. The molecule has 0 saturated carbocycles. The smallest absolute Gasteiger partial charge is 0.0245 e. The number of aryl methyl sites for hydroxylation is 1. The number of terminal acetylenes is 1. The van der Waals surface area contributed by atoms with E-state index in [-0.39, 0.29) is 0 Å². The van der Waals surface area contributed by atoms with Crippen LogP contribution in [0.4, 0.5) is 0 Å². The Balaban J connectivity index is 2.85. The van der Waals surface area contributed by atoms with E-state index < -0.39 is 0 Å². The second-order valence-corrected chi connectivity index (χ2v) is 5.09. The highest BCUT2D eigenvalue weighted by Crippen LogP contribution is 2.21. The molecule has 0 heterocycles. The van der Waals surface area contributed by atoms with Crippen LogP contribution in [-0.2, 0) is 0 Å². The first-order chi connectivity index (χ1) is 8.60. The van der Waals surface area contributed by atoms with E-state index in [0.29, 0.717) is 0 Å². The van der Waals surface area contributed by atoms with Gasteiger partial charge in [0.25, 0.3) is 0 Å². The fraction of sp³-hybridized carbons (Fsp3) is 0.444. The summed E-state index contributed by atoms with van der Waals surface area (Å²) in [5, 5.41) is 0. The third-order valence-corrected chi connectivity index (χ3v) is 3.60. The summed E-state index contributed by atoms with van der Waals surface area (Å²) in [7, 11) is 0. The monoisotopic (exact) mass is 240 g/mol. The van der Waals surface area contributed by atoms with E-state index in [1.807, 2.05) is 6.07 Å². The van der Waals surface area contributed by atoms with Gasteiger partial charge in [-0.15, -0.1) is 6.42 Å².